The van der Waals surface area contributed by atoms with Crippen LogP contribution in [0, 0.1) is 0 Å². The van der Waals surface area contributed by atoms with Crippen molar-refractivity contribution in [3.05, 3.63) is 83.1 Å². The van der Waals surface area contributed by atoms with E-state index in [9.17, 15) is 14.4 Å². The number of carbonyl (C=O) groups is 3. The normalized spacial score (nSPS) is 18.4. The Morgan fingerprint density at radius 3 is 2.29 bits per heavy atom. The van der Waals surface area contributed by atoms with Crippen molar-refractivity contribution in [3.63, 3.8) is 0 Å². The first-order valence-electron chi connectivity index (χ1n) is 13.1. The second-order valence-electron chi connectivity index (χ2n) is 10.7. The molecule has 3 heterocycles. The summed E-state index contributed by atoms with van der Waals surface area (Å²) in [5.74, 6) is 5.68. The summed E-state index contributed by atoms with van der Waals surface area (Å²) in [5.41, 5.74) is 1.59. The third-order valence-corrected chi connectivity index (χ3v) is 8.92. The van der Waals surface area contributed by atoms with E-state index in [0.717, 1.165) is 16.1 Å². The molecule has 0 bridgehead atoms. The molecule has 5 rings (SSSR count). The lowest BCUT2D eigenvalue weighted by Crippen LogP contribution is -2.73. The predicted octanol–water partition coefficient (Wildman–Crippen LogP) is 3.28. The van der Waals surface area contributed by atoms with Crippen molar-refractivity contribution in [3.8, 4) is 0 Å². The molecule has 2 atom stereocenters. The third-order valence-electron chi connectivity index (χ3n) is 6.50. The van der Waals surface area contributed by atoms with Gasteiger partial charge in [0.25, 0.3) is 5.91 Å². The van der Waals surface area contributed by atoms with E-state index in [1.54, 1.807) is 27.8 Å². The van der Waals surface area contributed by atoms with Gasteiger partial charge < -0.3 is 9.47 Å². The van der Waals surface area contributed by atoms with Gasteiger partial charge in [0.1, 0.15) is 16.7 Å². The van der Waals surface area contributed by atoms with E-state index < -0.39 is 41.1 Å². The Labute approximate surface area is 251 Å². The standard InChI is InChI=1S/C28H31N7O5S2/c1-28(2,3)40-27(38)35(29)21-23(36)34-20(19(15-41-24(21)34)16-42-26-30-31-32-33(26)4)25(37)39-22(17-11-7-5-8-12-17)18-13-9-6-10-14-18/h5-14,21-22,24H,15-16,29H2,1-4H3/t21-,24-/m1/s1. The van der Waals surface area contributed by atoms with E-state index in [1.165, 1.54) is 33.1 Å². The fourth-order valence-electron chi connectivity index (χ4n) is 4.56. The van der Waals surface area contributed by atoms with E-state index >= 15 is 0 Å². The Bertz CT molecular complexity index is 1450. The van der Waals surface area contributed by atoms with Gasteiger partial charge in [-0.3, -0.25) is 9.69 Å². The number of tetrazole rings is 1. The van der Waals surface area contributed by atoms with Crippen molar-refractivity contribution in [1.82, 2.24) is 30.1 Å². The van der Waals surface area contributed by atoms with Crippen LogP contribution in [-0.2, 0) is 26.1 Å². The minimum atomic E-state index is -0.996. The zero-order valence-electron chi connectivity index (χ0n) is 23.5. The number of β-lactam (4-membered cyclic amide) rings is 1. The number of rotatable bonds is 8. The highest BCUT2D eigenvalue weighted by Gasteiger charge is 2.57. The largest absolute Gasteiger partial charge is 0.448 e. The number of fused-ring (bicyclic) bond motifs is 1. The van der Waals surface area contributed by atoms with E-state index in [2.05, 4.69) is 15.5 Å². The summed E-state index contributed by atoms with van der Waals surface area (Å²) in [7, 11) is 1.72. The van der Waals surface area contributed by atoms with Crippen molar-refractivity contribution in [1.29, 1.82) is 0 Å². The highest BCUT2D eigenvalue weighted by molar-refractivity contribution is 8.01. The van der Waals surface area contributed by atoms with Gasteiger partial charge in [0, 0.05) is 18.6 Å². The summed E-state index contributed by atoms with van der Waals surface area (Å²) in [6.45, 7) is 5.14. The fourth-order valence-corrected chi connectivity index (χ4v) is 6.94. The Morgan fingerprint density at radius 2 is 1.74 bits per heavy atom. The Morgan fingerprint density at radius 1 is 1.12 bits per heavy atom. The summed E-state index contributed by atoms with van der Waals surface area (Å²) in [5, 5.41) is 12.3. The molecule has 0 spiro atoms. The van der Waals surface area contributed by atoms with E-state index in [0.29, 0.717) is 22.2 Å². The van der Waals surface area contributed by atoms with Crippen LogP contribution in [0.2, 0.25) is 0 Å². The number of amides is 2. The molecule has 14 heteroatoms. The van der Waals surface area contributed by atoms with Crippen molar-refractivity contribution in [2.24, 2.45) is 12.9 Å². The van der Waals surface area contributed by atoms with Crippen LogP contribution in [0.1, 0.15) is 38.0 Å². The van der Waals surface area contributed by atoms with E-state index in [1.807, 2.05) is 60.7 Å². The van der Waals surface area contributed by atoms with Gasteiger partial charge in [-0.05, 0) is 47.9 Å². The number of esters is 1. The van der Waals surface area contributed by atoms with Crippen molar-refractivity contribution in [2.45, 2.75) is 49.0 Å². The van der Waals surface area contributed by atoms with Gasteiger partial charge in [-0.15, -0.1) is 16.9 Å². The van der Waals surface area contributed by atoms with Gasteiger partial charge in [-0.1, -0.05) is 72.4 Å². The van der Waals surface area contributed by atoms with Crippen LogP contribution in [0.15, 0.2) is 77.1 Å². The molecule has 3 aromatic rings. The number of hydrogen-bond donors (Lipinski definition) is 1. The molecule has 0 radical (unpaired) electrons. The quantitative estimate of drug-likeness (QED) is 0.100. The zero-order chi connectivity index (χ0) is 30.0. The van der Waals surface area contributed by atoms with Gasteiger partial charge in [0.2, 0.25) is 5.16 Å². The van der Waals surface area contributed by atoms with Crippen LogP contribution >= 0.6 is 23.5 Å². The second-order valence-corrected chi connectivity index (χ2v) is 12.7. The Balaban J connectivity index is 1.46. The molecular weight excluding hydrogens is 578 g/mol. The maximum absolute atomic E-state index is 14.1. The fraction of sp³-hybridized carbons (Fsp3) is 0.357. The van der Waals surface area contributed by atoms with E-state index in [4.69, 9.17) is 15.3 Å². The SMILES string of the molecule is Cn1nnnc1SCC1=C(C(=O)OC(c2ccccc2)c2ccccc2)N2C(=O)[C@@H](N(N)C(=O)OC(C)(C)C)[C@H]2SC1. The second kappa shape index (κ2) is 12.2. The first-order chi connectivity index (χ1) is 20.0. The number of aromatic nitrogens is 4. The van der Waals surface area contributed by atoms with Crippen LogP contribution in [0.5, 0.6) is 0 Å². The molecule has 2 amide bonds. The Kier molecular flexibility index (Phi) is 8.57. The molecule has 12 nitrogen and oxygen atoms in total. The van der Waals surface area contributed by atoms with Crippen LogP contribution in [0.25, 0.3) is 0 Å². The lowest BCUT2D eigenvalue weighted by molar-refractivity contribution is -0.157. The first kappa shape index (κ1) is 29.6. The highest BCUT2D eigenvalue weighted by Crippen LogP contribution is 2.44. The molecule has 0 unspecified atom stereocenters. The summed E-state index contributed by atoms with van der Waals surface area (Å²) >= 11 is 2.75. The van der Waals surface area contributed by atoms with Crippen LogP contribution < -0.4 is 5.84 Å². The van der Waals surface area contributed by atoms with Crippen LogP contribution in [-0.4, -0.2) is 76.6 Å². The molecule has 2 aromatic carbocycles. The number of hydrogen-bond acceptors (Lipinski definition) is 11. The van der Waals surface area contributed by atoms with Gasteiger partial charge in [0.05, 0.1) is 0 Å². The average molecular weight is 610 g/mol. The lowest BCUT2D eigenvalue weighted by Gasteiger charge is -2.51. The van der Waals surface area contributed by atoms with Crippen LogP contribution in [0.4, 0.5) is 4.79 Å². The number of thioether (sulfide) groups is 2. The van der Waals surface area contributed by atoms with Crippen molar-refractivity contribution >= 4 is 41.5 Å². The van der Waals surface area contributed by atoms with Gasteiger partial charge in [0.15, 0.2) is 12.1 Å². The summed E-state index contributed by atoms with van der Waals surface area (Å²) in [6.07, 6.45) is -1.53. The number of benzene rings is 2. The molecule has 1 saturated heterocycles. The topological polar surface area (TPSA) is 146 Å². The molecule has 0 saturated carbocycles. The number of carbonyl (C=O) groups excluding carboxylic acids is 3. The van der Waals surface area contributed by atoms with Gasteiger partial charge in [-0.2, -0.15) is 0 Å². The Hall–Kier alpha value is -3.88. The molecular formula is C28H31N7O5S2. The first-order valence-corrected chi connectivity index (χ1v) is 15.2. The molecule has 2 N–H and O–H groups in total. The molecule has 220 valence electrons. The average Bonchev–Trinajstić information content (AvgIpc) is 3.38. The summed E-state index contributed by atoms with van der Waals surface area (Å²) in [4.78, 5) is 41.7. The third kappa shape index (κ3) is 6.15. The monoisotopic (exact) mass is 609 g/mol. The number of nitrogens with two attached hydrogens (primary N) is 1. The zero-order valence-corrected chi connectivity index (χ0v) is 25.2. The highest BCUT2D eigenvalue weighted by atomic mass is 32.2. The van der Waals surface area contributed by atoms with E-state index in [-0.39, 0.29) is 5.70 Å². The minimum absolute atomic E-state index is 0.136. The molecule has 2 aliphatic heterocycles. The summed E-state index contributed by atoms with van der Waals surface area (Å²) in [6, 6.07) is 17.8. The minimum Gasteiger partial charge on any atom is -0.448 e. The van der Waals surface area contributed by atoms with Gasteiger partial charge >= 0.3 is 12.1 Å². The molecule has 1 aromatic heterocycles. The lowest BCUT2D eigenvalue weighted by atomic mass is 10.0. The molecule has 2 aliphatic rings. The number of nitrogens with zero attached hydrogens (tertiary/aromatic N) is 6. The number of ether oxygens (including phenoxy) is 2. The smallest absolute Gasteiger partial charge is 0.425 e. The summed E-state index contributed by atoms with van der Waals surface area (Å²) < 4.78 is 13.1. The number of aryl methyl sites for hydroxylation is 1. The number of hydrazine groups is 1. The molecule has 42 heavy (non-hydrogen) atoms. The maximum atomic E-state index is 14.1. The predicted molar refractivity (Wildman–Crippen MR) is 157 cm³/mol. The molecule has 1 fully saturated rings. The maximum Gasteiger partial charge on any atom is 0.425 e. The molecule has 0 aliphatic carbocycles. The van der Waals surface area contributed by atoms with Crippen molar-refractivity contribution in [2.75, 3.05) is 11.5 Å². The van der Waals surface area contributed by atoms with Gasteiger partial charge in [-0.25, -0.2) is 25.1 Å². The van der Waals surface area contributed by atoms with Crippen LogP contribution in [0.3, 0.4) is 0 Å². The van der Waals surface area contributed by atoms with Crippen molar-refractivity contribution < 1.29 is 23.9 Å².